The predicted octanol–water partition coefficient (Wildman–Crippen LogP) is 2.92. The minimum Gasteiger partial charge on any atom is -0.495 e. The summed E-state index contributed by atoms with van der Waals surface area (Å²) in [4.78, 5) is 39.4. The summed E-state index contributed by atoms with van der Waals surface area (Å²) in [7, 11) is 1.54. The maximum atomic E-state index is 12.7. The topological polar surface area (TPSA) is 133 Å². The van der Waals surface area contributed by atoms with Crippen molar-refractivity contribution in [2.24, 2.45) is 5.92 Å². The molecular formula is C24H26N6O4. The SMILES string of the molecule is COc1ccc(C)cc1N1C[C@H](C(=O)OCc2nc(N)nc(Nc3ccccc3C)n2)CC1=O. The lowest BCUT2D eigenvalue weighted by atomic mass is 10.1. The Morgan fingerprint density at radius 1 is 1.18 bits per heavy atom. The van der Waals surface area contributed by atoms with Gasteiger partial charge in [-0.1, -0.05) is 24.3 Å². The average Bonchev–Trinajstić information content (AvgIpc) is 3.20. The number of nitrogen functional groups attached to an aromatic ring is 1. The molecule has 10 nitrogen and oxygen atoms in total. The molecule has 0 radical (unpaired) electrons. The van der Waals surface area contributed by atoms with Crippen molar-refractivity contribution in [3.05, 3.63) is 59.4 Å². The number of anilines is 4. The molecule has 0 bridgehead atoms. The van der Waals surface area contributed by atoms with Crippen molar-refractivity contribution in [3.63, 3.8) is 0 Å². The Labute approximate surface area is 197 Å². The van der Waals surface area contributed by atoms with Crippen LogP contribution in [0.2, 0.25) is 0 Å². The minimum absolute atomic E-state index is 0.00546. The molecule has 10 heteroatoms. The summed E-state index contributed by atoms with van der Waals surface area (Å²) >= 11 is 0. The van der Waals surface area contributed by atoms with Crippen LogP contribution in [0.25, 0.3) is 0 Å². The summed E-state index contributed by atoms with van der Waals surface area (Å²) in [5, 5.41) is 3.10. The summed E-state index contributed by atoms with van der Waals surface area (Å²) in [5.41, 5.74) is 9.27. The first-order chi connectivity index (χ1) is 16.3. The lowest BCUT2D eigenvalue weighted by Gasteiger charge is -2.20. The number of aromatic nitrogens is 3. The highest BCUT2D eigenvalue weighted by atomic mass is 16.5. The first kappa shape index (κ1) is 23.0. The number of nitrogens with one attached hydrogen (secondary N) is 1. The lowest BCUT2D eigenvalue weighted by molar-refractivity contribution is -0.149. The smallest absolute Gasteiger partial charge is 0.311 e. The van der Waals surface area contributed by atoms with Crippen molar-refractivity contribution in [1.82, 2.24) is 15.0 Å². The molecule has 34 heavy (non-hydrogen) atoms. The predicted molar refractivity (Wildman–Crippen MR) is 127 cm³/mol. The average molecular weight is 463 g/mol. The molecule has 3 N–H and O–H groups in total. The molecule has 0 aliphatic carbocycles. The third-order valence-corrected chi connectivity index (χ3v) is 5.52. The number of hydrogen-bond acceptors (Lipinski definition) is 9. The quantitative estimate of drug-likeness (QED) is 0.509. The van der Waals surface area contributed by atoms with E-state index in [0.29, 0.717) is 11.4 Å². The molecule has 1 amide bonds. The van der Waals surface area contributed by atoms with E-state index in [1.54, 1.807) is 18.1 Å². The maximum absolute atomic E-state index is 12.7. The van der Waals surface area contributed by atoms with Crippen LogP contribution in [0.1, 0.15) is 23.4 Å². The fourth-order valence-electron chi connectivity index (χ4n) is 3.75. The van der Waals surface area contributed by atoms with E-state index in [-0.39, 0.29) is 43.2 Å². The van der Waals surface area contributed by atoms with E-state index in [9.17, 15) is 9.59 Å². The molecule has 1 aliphatic rings. The van der Waals surface area contributed by atoms with Crippen LogP contribution in [-0.2, 0) is 20.9 Å². The van der Waals surface area contributed by atoms with E-state index in [1.165, 1.54) is 0 Å². The molecule has 1 atom stereocenters. The largest absolute Gasteiger partial charge is 0.495 e. The van der Waals surface area contributed by atoms with Gasteiger partial charge in [0.25, 0.3) is 0 Å². The highest BCUT2D eigenvalue weighted by Gasteiger charge is 2.37. The van der Waals surface area contributed by atoms with Gasteiger partial charge < -0.3 is 25.4 Å². The van der Waals surface area contributed by atoms with Crippen molar-refractivity contribution in [2.75, 3.05) is 29.6 Å². The minimum atomic E-state index is -0.610. The molecule has 176 valence electrons. The summed E-state index contributed by atoms with van der Waals surface area (Å²) in [6.07, 6.45) is 0.0510. The van der Waals surface area contributed by atoms with Gasteiger partial charge in [-0.2, -0.15) is 15.0 Å². The molecule has 0 spiro atoms. The number of nitrogens with two attached hydrogens (primary N) is 1. The van der Waals surface area contributed by atoms with Gasteiger partial charge in [0, 0.05) is 18.7 Å². The number of esters is 1. The van der Waals surface area contributed by atoms with Gasteiger partial charge >= 0.3 is 5.97 Å². The highest BCUT2D eigenvalue weighted by Crippen LogP contribution is 2.34. The molecule has 4 rings (SSSR count). The first-order valence-corrected chi connectivity index (χ1v) is 10.8. The zero-order valence-electron chi connectivity index (χ0n) is 19.2. The van der Waals surface area contributed by atoms with Crippen LogP contribution in [0.3, 0.4) is 0 Å². The van der Waals surface area contributed by atoms with E-state index < -0.39 is 11.9 Å². The van der Waals surface area contributed by atoms with Crippen molar-refractivity contribution in [2.45, 2.75) is 26.9 Å². The van der Waals surface area contributed by atoms with Crippen LogP contribution >= 0.6 is 0 Å². The molecule has 1 aromatic heterocycles. The van der Waals surface area contributed by atoms with E-state index in [2.05, 4.69) is 20.3 Å². The molecular weight excluding hydrogens is 436 g/mol. The van der Waals surface area contributed by atoms with Crippen molar-refractivity contribution < 1.29 is 19.1 Å². The van der Waals surface area contributed by atoms with E-state index in [1.807, 2.05) is 50.2 Å². The van der Waals surface area contributed by atoms with Crippen LogP contribution in [-0.4, -0.2) is 40.5 Å². The van der Waals surface area contributed by atoms with E-state index in [0.717, 1.165) is 16.8 Å². The van der Waals surface area contributed by atoms with Gasteiger partial charge in [-0.25, -0.2) is 0 Å². The number of para-hydroxylation sites is 1. The van der Waals surface area contributed by atoms with Crippen LogP contribution in [0.4, 0.5) is 23.3 Å². The Morgan fingerprint density at radius 3 is 2.74 bits per heavy atom. The zero-order valence-corrected chi connectivity index (χ0v) is 19.2. The Bertz CT molecular complexity index is 1230. The van der Waals surface area contributed by atoms with Crippen LogP contribution in [0, 0.1) is 19.8 Å². The Balaban J connectivity index is 1.41. The molecule has 1 fully saturated rings. The van der Waals surface area contributed by atoms with Crippen LogP contribution in [0.15, 0.2) is 42.5 Å². The summed E-state index contributed by atoms with van der Waals surface area (Å²) < 4.78 is 10.8. The van der Waals surface area contributed by atoms with Gasteiger partial charge in [0.15, 0.2) is 12.4 Å². The fraction of sp³-hybridized carbons (Fsp3) is 0.292. The molecule has 3 aromatic rings. The second-order valence-corrected chi connectivity index (χ2v) is 8.06. The number of amides is 1. The number of ether oxygens (including phenoxy) is 2. The molecule has 1 aliphatic heterocycles. The van der Waals surface area contributed by atoms with Crippen LogP contribution < -0.4 is 20.7 Å². The summed E-state index contributed by atoms with van der Waals surface area (Å²) in [5.74, 6) is -0.246. The monoisotopic (exact) mass is 462 g/mol. The third-order valence-electron chi connectivity index (χ3n) is 5.52. The van der Waals surface area contributed by atoms with Gasteiger partial charge in [-0.3, -0.25) is 9.59 Å². The van der Waals surface area contributed by atoms with Gasteiger partial charge in [0.1, 0.15) is 5.75 Å². The summed E-state index contributed by atoms with van der Waals surface area (Å²) in [6.45, 7) is 3.90. The number of nitrogens with zero attached hydrogens (tertiary/aromatic N) is 4. The number of benzene rings is 2. The molecule has 1 saturated heterocycles. The normalized spacial score (nSPS) is 15.3. The molecule has 0 unspecified atom stereocenters. The Hall–Kier alpha value is -4.21. The second-order valence-electron chi connectivity index (χ2n) is 8.06. The fourth-order valence-corrected chi connectivity index (χ4v) is 3.75. The zero-order chi connectivity index (χ0) is 24.2. The number of carbonyl (C=O) groups excluding carboxylic acids is 2. The second kappa shape index (κ2) is 9.74. The standard InChI is InChI=1S/C24H26N6O4/c1-14-8-9-19(33-3)18(10-14)30-12-16(11-21(30)31)22(32)34-13-20-27-23(25)29-24(28-20)26-17-7-5-4-6-15(17)2/h4-10,16H,11-13H2,1-3H3,(H3,25,26,27,28,29)/t16-/m1/s1. The van der Waals surface area contributed by atoms with Crippen molar-refractivity contribution in [3.8, 4) is 5.75 Å². The number of methoxy groups -OCH3 is 1. The van der Waals surface area contributed by atoms with Crippen molar-refractivity contribution in [1.29, 1.82) is 0 Å². The van der Waals surface area contributed by atoms with Gasteiger partial charge in [-0.15, -0.1) is 0 Å². The third kappa shape index (κ3) is 5.06. The highest BCUT2D eigenvalue weighted by molar-refractivity contribution is 6.00. The van der Waals surface area contributed by atoms with Gasteiger partial charge in [0.2, 0.25) is 17.8 Å². The lowest BCUT2D eigenvalue weighted by Crippen LogP contribution is -2.27. The number of aryl methyl sites for hydroxylation is 2. The van der Waals surface area contributed by atoms with Crippen molar-refractivity contribution >= 4 is 35.1 Å². The Morgan fingerprint density at radius 2 is 1.97 bits per heavy atom. The van der Waals surface area contributed by atoms with Crippen LogP contribution in [0.5, 0.6) is 5.75 Å². The van der Waals surface area contributed by atoms with Gasteiger partial charge in [0.05, 0.1) is 18.7 Å². The molecule has 2 aromatic carbocycles. The number of rotatable bonds is 7. The summed E-state index contributed by atoms with van der Waals surface area (Å²) in [6, 6.07) is 13.2. The van der Waals surface area contributed by atoms with E-state index >= 15 is 0 Å². The maximum Gasteiger partial charge on any atom is 0.311 e. The number of carbonyl (C=O) groups is 2. The first-order valence-electron chi connectivity index (χ1n) is 10.8. The van der Waals surface area contributed by atoms with E-state index in [4.69, 9.17) is 15.2 Å². The molecule has 0 saturated carbocycles. The Kier molecular flexibility index (Phi) is 6.58. The van der Waals surface area contributed by atoms with Gasteiger partial charge in [-0.05, 0) is 43.2 Å². The number of hydrogen-bond donors (Lipinski definition) is 2. The molecule has 2 heterocycles.